The van der Waals surface area contributed by atoms with Crippen LogP contribution in [0.4, 0.5) is 4.39 Å². The van der Waals surface area contributed by atoms with Crippen LogP contribution in [0.2, 0.25) is 0 Å². The Labute approximate surface area is 127 Å². The Balaban J connectivity index is 1.60. The van der Waals surface area contributed by atoms with E-state index in [-0.39, 0.29) is 11.4 Å². The van der Waals surface area contributed by atoms with Gasteiger partial charge in [0, 0.05) is 5.39 Å². The highest BCUT2D eigenvalue weighted by molar-refractivity contribution is 5.81. The molecule has 1 unspecified atom stereocenters. The van der Waals surface area contributed by atoms with Crippen LogP contribution in [0.25, 0.3) is 16.6 Å². The second-order valence-corrected chi connectivity index (χ2v) is 6.26. The summed E-state index contributed by atoms with van der Waals surface area (Å²) < 4.78 is 20.7. The summed E-state index contributed by atoms with van der Waals surface area (Å²) in [6, 6.07) is 12.8. The fourth-order valence-electron chi connectivity index (χ4n) is 3.35. The minimum Gasteiger partial charge on any atom is -0.364 e. The molecule has 5 rings (SSSR count). The molecule has 3 nitrogen and oxygen atoms in total. The molecule has 3 aromatic rings. The number of fused-ring (bicyclic) bond motifs is 1. The summed E-state index contributed by atoms with van der Waals surface area (Å²) in [5, 5.41) is 5.55. The maximum absolute atomic E-state index is 13.1. The normalized spacial score (nSPS) is 23.9. The average Bonchev–Trinajstić information content (AvgIpc) is 3.43. The number of ether oxygens (including phenoxy) is 1. The zero-order valence-electron chi connectivity index (χ0n) is 12.0. The van der Waals surface area contributed by atoms with Crippen LogP contribution >= 0.6 is 0 Å². The SMILES string of the molecule is Fc1ccc(-n2ncc3cc(C4(C5CC5)CO4)ccc32)cc1. The first-order chi connectivity index (χ1) is 10.8. The quantitative estimate of drug-likeness (QED) is 0.688. The maximum atomic E-state index is 13.1. The van der Waals surface area contributed by atoms with Gasteiger partial charge in [-0.3, -0.25) is 0 Å². The molecule has 2 aromatic carbocycles. The molecule has 2 heterocycles. The molecule has 1 aliphatic carbocycles. The standard InChI is InChI=1S/C18H15FN2O/c19-15-4-6-16(7-5-15)21-17-8-3-14(9-12(17)10-20-21)18(11-22-18)13-1-2-13/h3-10,13H,1-2,11H2. The van der Waals surface area contributed by atoms with Crippen molar-refractivity contribution >= 4 is 10.9 Å². The fourth-order valence-corrected chi connectivity index (χ4v) is 3.35. The summed E-state index contributed by atoms with van der Waals surface area (Å²) >= 11 is 0. The van der Waals surface area contributed by atoms with Gasteiger partial charge in [0.05, 0.1) is 24.0 Å². The van der Waals surface area contributed by atoms with Crippen LogP contribution in [0.1, 0.15) is 18.4 Å². The number of rotatable bonds is 3. The van der Waals surface area contributed by atoms with Gasteiger partial charge in [-0.05, 0) is 60.7 Å². The molecular formula is C18H15FN2O. The van der Waals surface area contributed by atoms with Crippen LogP contribution in [-0.2, 0) is 10.3 Å². The van der Waals surface area contributed by atoms with Crippen LogP contribution in [0.3, 0.4) is 0 Å². The third-order valence-corrected chi connectivity index (χ3v) is 4.82. The van der Waals surface area contributed by atoms with E-state index >= 15 is 0 Å². The summed E-state index contributed by atoms with van der Waals surface area (Å²) in [5.41, 5.74) is 3.14. The lowest BCUT2D eigenvalue weighted by Gasteiger charge is -2.11. The largest absolute Gasteiger partial charge is 0.364 e. The van der Waals surface area contributed by atoms with E-state index in [1.807, 2.05) is 10.9 Å². The summed E-state index contributed by atoms with van der Waals surface area (Å²) in [5.74, 6) is 0.455. The Morgan fingerprint density at radius 3 is 2.59 bits per heavy atom. The van der Waals surface area contributed by atoms with Crippen LogP contribution < -0.4 is 0 Å². The molecule has 0 N–H and O–H groups in total. The van der Waals surface area contributed by atoms with Crippen molar-refractivity contribution in [1.82, 2.24) is 9.78 Å². The summed E-state index contributed by atoms with van der Waals surface area (Å²) in [6.45, 7) is 0.843. The summed E-state index contributed by atoms with van der Waals surface area (Å²) in [6.07, 6.45) is 4.41. The molecule has 0 radical (unpaired) electrons. The Morgan fingerprint density at radius 2 is 1.91 bits per heavy atom. The molecule has 0 bridgehead atoms. The lowest BCUT2D eigenvalue weighted by atomic mass is 9.94. The first-order valence-corrected chi connectivity index (χ1v) is 7.64. The third kappa shape index (κ3) is 1.74. The molecule has 2 fully saturated rings. The molecule has 1 atom stereocenters. The van der Waals surface area contributed by atoms with Gasteiger partial charge >= 0.3 is 0 Å². The molecule has 1 aromatic heterocycles. The monoisotopic (exact) mass is 294 g/mol. The predicted molar refractivity (Wildman–Crippen MR) is 81.4 cm³/mol. The smallest absolute Gasteiger partial charge is 0.123 e. The number of benzene rings is 2. The van der Waals surface area contributed by atoms with Gasteiger partial charge < -0.3 is 4.74 Å². The van der Waals surface area contributed by atoms with Crippen molar-refractivity contribution in [2.45, 2.75) is 18.4 Å². The van der Waals surface area contributed by atoms with Gasteiger partial charge in [-0.1, -0.05) is 6.07 Å². The predicted octanol–water partition coefficient (Wildman–Crippen LogP) is 3.80. The highest BCUT2D eigenvalue weighted by Crippen LogP contribution is 2.56. The number of hydrogen-bond acceptors (Lipinski definition) is 2. The fraction of sp³-hybridized carbons (Fsp3) is 0.278. The zero-order valence-corrected chi connectivity index (χ0v) is 12.0. The van der Waals surface area contributed by atoms with E-state index in [1.165, 1.54) is 30.5 Å². The van der Waals surface area contributed by atoms with Crippen molar-refractivity contribution in [1.29, 1.82) is 0 Å². The van der Waals surface area contributed by atoms with Crippen LogP contribution in [0.15, 0.2) is 48.7 Å². The maximum Gasteiger partial charge on any atom is 0.123 e. The van der Waals surface area contributed by atoms with Crippen molar-refractivity contribution in [3.05, 3.63) is 60.0 Å². The molecule has 4 heteroatoms. The van der Waals surface area contributed by atoms with Crippen LogP contribution in [0, 0.1) is 11.7 Å². The third-order valence-electron chi connectivity index (χ3n) is 4.82. The second kappa shape index (κ2) is 4.17. The van der Waals surface area contributed by atoms with Crippen LogP contribution in [-0.4, -0.2) is 16.4 Å². The van der Waals surface area contributed by atoms with E-state index in [0.29, 0.717) is 5.92 Å². The number of nitrogens with zero attached hydrogens (tertiary/aromatic N) is 2. The lowest BCUT2D eigenvalue weighted by Crippen LogP contribution is -2.11. The Kier molecular flexibility index (Phi) is 2.34. The van der Waals surface area contributed by atoms with Crippen molar-refractivity contribution < 1.29 is 9.13 Å². The molecule has 0 spiro atoms. The van der Waals surface area contributed by atoms with E-state index in [0.717, 1.165) is 23.2 Å². The lowest BCUT2D eigenvalue weighted by molar-refractivity contribution is 0.278. The first-order valence-electron chi connectivity index (χ1n) is 7.64. The van der Waals surface area contributed by atoms with E-state index in [1.54, 1.807) is 12.1 Å². The Morgan fingerprint density at radius 1 is 1.14 bits per heavy atom. The molecule has 22 heavy (non-hydrogen) atoms. The molecular weight excluding hydrogens is 279 g/mol. The van der Waals surface area contributed by atoms with Gasteiger partial charge in [0.25, 0.3) is 0 Å². The Bertz CT molecular complexity index is 860. The summed E-state index contributed by atoms with van der Waals surface area (Å²) in [7, 11) is 0. The van der Waals surface area contributed by atoms with Gasteiger partial charge in [0.15, 0.2) is 0 Å². The van der Waals surface area contributed by atoms with E-state index in [4.69, 9.17) is 4.74 Å². The molecule has 1 saturated carbocycles. The molecule has 1 aliphatic heterocycles. The van der Waals surface area contributed by atoms with Crippen molar-refractivity contribution in [3.63, 3.8) is 0 Å². The molecule has 2 aliphatic rings. The molecule has 1 saturated heterocycles. The molecule has 110 valence electrons. The van der Waals surface area contributed by atoms with Crippen molar-refractivity contribution in [2.75, 3.05) is 6.61 Å². The number of epoxide rings is 1. The highest BCUT2D eigenvalue weighted by atomic mass is 19.1. The minimum atomic E-state index is -0.236. The zero-order chi connectivity index (χ0) is 14.7. The van der Waals surface area contributed by atoms with Gasteiger partial charge in [-0.25, -0.2) is 9.07 Å². The average molecular weight is 294 g/mol. The van der Waals surface area contributed by atoms with Gasteiger partial charge in [0.2, 0.25) is 0 Å². The van der Waals surface area contributed by atoms with Gasteiger partial charge in [0.1, 0.15) is 11.4 Å². The first kappa shape index (κ1) is 12.4. The van der Waals surface area contributed by atoms with E-state index in [9.17, 15) is 4.39 Å². The number of aromatic nitrogens is 2. The number of hydrogen-bond donors (Lipinski definition) is 0. The van der Waals surface area contributed by atoms with Gasteiger partial charge in [-0.15, -0.1) is 0 Å². The van der Waals surface area contributed by atoms with Crippen molar-refractivity contribution in [3.8, 4) is 5.69 Å². The molecule has 0 amide bonds. The number of halogens is 1. The topological polar surface area (TPSA) is 30.4 Å². The van der Waals surface area contributed by atoms with Crippen molar-refractivity contribution in [2.24, 2.45) is 5.92 Å². The van der Waals surface area contributed by atoms with E-state index < -0.39 is 0 Å². The summed E-state index contributed by atoms with van der Waals surface area (Å²) in [4.78, 5) is 0. The second-order valence-electron chi connectivity index (χ2n) is 6.26. The highest BCUT2D eigenvalue weighted by Gasteiger charge is 2.57. The minimum absolute atomic E-state index is 0.0217. The van der Waals surface area contributed by atoms with Gasteiger partial charge in [-0.2, -0.15) is 5.10 Å². The van der Waals surface area contributed by atoms with E-state index in [2.05, 4.69) is 23.3 Å². The van der Waals surface area contributed by atoms with Crippen LogP contribution in [0.5, 0.6) is 0 Å². The Hall–Kier alpha value is -2.20.